The second-order valence-corrected chi connectivity index (χ2v) is 8.65. The minimum absolute atomic E-state index is 0.0325. The van der Waals surface area contributed by atoms with Crippen molar-refractivity contribution in [2.75, 3.05) is 37.7 Å². The van der Waals surface area contributed by atoms with Crippen molar-refractivity contribution in [3.8, 4) is 0 Å². The predicted molar refractivity (Wildman–Crippen MR) is 131 cm³/mol. The molecule has 0 saturated carbocycles. The van der Waals surface area contributed by atoms with E-state index in [-0.39, 0.29) is 23.2 Å². The molecule has 3 aromatic heterocycles. The van der Waals surface area contributed by atoms with Crippen LogP contribution in [-0.4, -0.2) is 53.9 Å². The Morgan fingerprint density at radius 3 is 2.82 bits per heavy atom. The number of para-hydroxylation sites is 1. The van der Waals surface area contributed by atoms with Crippen LogP contribution in [0.5, 0.6) is 0 Å². The number of rotatable bonds is 5. The van der Waals surface area contributed by atoms with Gasteiger partial charge in [-0.1, -0.05) is 12.1 Å². The van der Waals surface area contributed by atoms with Crippen molar-refractivity contribution < 1.29 is 9.53 Å². The number of benzene rings is 1. The van der Waals surface area contributed by atoms with E-state index in [1.54, 1.807) is 6.07 Å². The number of fused-ring (bicyclic) bond motifs is 5. The molecule has 1 saturated heterocycles. The summed E-state index contributed by atoms with van der Waals surface area (Å²) in [6.07, 6.45) is 2.63. The Morgan fingerprint density at radius 2 is 2.03 bits per heavy atom. The van der Waals surface area contributed by atoms with Gasteiger partial charge in [-0.2, -0.15) is 0 Å². The zero-order valence-corrected chi connectivity index (χ0v) is 18.5. The number of pyridine rings is 2. The van der Waals surface area contributed by atoms with Crippen LogP contribution in [0.25, 0.3) is 26.1 Å². The lowest BCUT2D eigenvalue weighted by Crippen LogP contribution is -2.37. The van der Waals surface area contributed by atoms with Crippen molar-refractivity contribution in [3.05, 3.63) is 64.5 Å². The first-order chi connectivity index (χ1) is 16.1. The molecule has 0 spiro atoms. The lowest BCUT2D eigenvalue weighted by Gasteiger charge is -2.27. The molecular weight excluding hydrogens is 440 g/mol. The standard InChI is InChI=1S/C23H22N6O3S/c24-8-7-14(25)13-26-22(31)19-20(30)15-5-6-18(28-9-11-32-12-10-28)27-21(15)29-16-3-1-2-4-17(16)33-23(19)29/h1-8,25H,9-13,24H2,(H,26,31)/b8-7-,25-14?. The van der Waals surface area contributed by atoms with Crippen molar-refractivity contribution >= 4 is 54.9 Å². The summed E-state index contributed by atoms with van der Waals surface area (Å²) in [5.41, 5.74) is 6.52. The Bertz CT molecular complexity index is 1480. The van der Waals surface area contributed by atoms with Gasteiger partial charge in [0.15, 0.2) is 5.65 Å². The van der Waals surface area contributed by atoms with Crippen LogP contribution in [-0.2, 0) is 4.74 Å². The number of carbonyl (C=O) groups is 1. The molecule has 0 bridgehead atoms. The van der Waals surface area contributed by atoms with Gasteiger partial charge in [0.1, 0.15) is 16.2 Å². The Labute approximate surface area is 192 Å². The van der Waals surface area contributed by atoms with Crippen LogP contribution >= 0.6 is 11.3 Å². The first-order valence-electron chi connectivity index (χ1n) is 10.5. The SMILES string of the molecule is N=C(/C=C\N)CNC(=O)c1c(=O)c2ccc(N3CCOCC3)nc2n2c1sc1ccccc12. The van der Waals surface area contributed by atoms with Crippen LogP contribution in [0.3, 0.4) is 0 Å². The fourth-order valence-electron chi connectivity index (χ4n) is 3.99. The third kappa shape index (κ3) is 3.73. The van der Waals surface area contributed by atoms with Gasteiger partial charge in [0.2, 0.25) is 5.43 Å². The third-order valence-corrected chi connectivity index (χ3v) is 6.72. The van der Waals surface area contributed by atoms with Crippen LogP contribution < -0.4 is 21.4 Å². The molecule has 1 amide bonds. The van der Waals surface area contributed by atoms with E-state index in [9.17, 15) is 9.59 Å². The zero-order valence-electron chi connectivity index (χ0n) is 17.7. The number of anilines is 1. The van der Waals surface area contributed by atoms with Crippen molar-refractivity contribution in [1.29, 1.82) is 5.41 Å². The maximum absolute atomic E-state index is 13.5. The normalized spacial score (nSPS) is 14.5. The molecule has 4 N–H and O–H groups in total. The maximum atomic E-state index is 13.5. The second-order valence-electron chi connectivity index (χ2n) is 7.62. The van der Waals surface area contributed by atoms with Gasteiger partial charge < -0.3 is 26.1 Å². The highest BCUT2D eigenvalue weighted by atomic mass is 32.1. The molecule has 0 aliphatic carbocycles. The number of morpholine rings is 1. The predicted octanol–water partition coefficient (Wildman–Crippen LogP) is 2.12. The molecular formula is C23H22N6O3S. The number of hydrogen-bond acceptors (Lipinski definition) is 8. The van der Waals surface area contributed by atoms with Gasteiger partial charge in [-0.05, 0) is 36.5 Å². The minimum Gasteiger partial charge on any atom is -0.405 e. The molecule has 1 aliphatic heterocycles. The first kappa shape index (κ1) is 21.1. The molecule has 168 valence electrons. The molecule has 0 unspecified atom stereocenters. The summed E-state index contributed by atoms with van der Waals surface area (Å²) >= 11 is 1.37. The quantitative estimate of drug-likeness (QED) is 0.390. The van der Waals surface area contributed by atoms with Gasteiger partial charge in [-0.3, -0.25) is 14.0 Å². The van der Waals surface area contributed by atoms with Gasteiger partial charge in [0.05, 0.1) is 41.1 Å². The van der Waals surface area contributed by atoms with E-state index in [1.807, 2.05) is 34.7 Å². The highest BCUT2D eigenvalue weighted by molar-refractivity contribution is 7.24. The fourth-order valence-corrected chi connectivity index (χ4v) is 5.17. The molecule has 1 aliphatic rings. The molecule has 0 radical (unpaired) electrons. The largest absolute Gasteiger partial charge is 0.405 e. The van der Waals surface area contributed by atoms with Gasteiger partial charge in [0, 0.05) is 13.1 Å². The minimum atomic E-state index is -0.529. The molecule has 5 rings (SSSR count). The number of thiazole rings is 1. The summed E-state index contributed by atoms with van der Waals surface area (Å²) in [5, 5.41) is 10.9. The fraction of sp³-hybridized carbons (Fsp3) is 0.217. The number of carbonyl (C=O) groups excluding carboxylic acids is 1. The first-order valence-corrected chi connectivity index (χ1v) is 11.3. The van der Waals surface area contributed by atoms with Crippen molar-refractivity contribution in [2.45, 2.75) is 0 Å². The highest BCUT2D eigenvalue weighted by Gasteiger charge is 2.23. The number of amides is 1. The van der Waals surface area contributed by atoms with E-state index in [0.29, 0.717) is 29.1 Å². The summed E-state index contributed by atoms with van der Waals surface area (Å²) < 4.78 is 8.28. The van der Waals surface area contributed by atoms with E-state index in [0.717, 1.165) is 29.1 Å². The van der Waals surface area contributed by atoms with Crippen LogP contribution in [0.2, 0.25) is 0 Å². The van der Waals surface area contributed by atoms with E-state index < -0.39 is 5.91 Å². The number of nitrogens with zero attached hydrogens (tertiary/aromatic N) is 3. The number of hydrogen-bond donors (Lipinski definition) is 3. The topological polar surface area (TPSA) is 126 Å². The number of ether oxygens (including phenoxy) is 1. The van der Waals surface area contributed by atoms with E-state index in [2.05, 4.69) is 10.2 Å². The summed E-state index contributed by atoms with van der Waals surface area (Å²) in [6, 6.07) is 11.3. The van der Waals surface area contributed by atoms with Crippen molar-refractivity contribution in [2.24, 2.45) is 5.73 Å². The zero-order chi connectivity index (χ0) is 22.9. The van der Waals surface area contributed by atoms with Crippen molar-refractivity contribution in [3.63, 3.8) is 0 Å². The maximum Gasteiger partial charge on any atom is 0.258 e. The lowest BCUT2D eigenvalue weighted by atomic mass is 10.1. The van der Waals surface area contributed by atoms with Crippen LogP contribution in [0.4, 0.5) is 5.82 Å². The van der Waals surface area contributed by atoms with Gasteiger partial charge >= 0.3 is 0 Å². The van der Waals surface area contributed by atoms with E-state index in [1.165, 1.54) is 23.6 Å². The number of aromatic nitrogens is 2. The number of nitrogens with two attached hydrogens (primary N) is 1. The molecule has 9 nitrogen and oxygen atoms in total. The summed E-state index contributed by atoms with van der Waals surface area (Å²) in [6.45, 7) is 2.68. The monoisotopic (exact) mass is 462 g/mol. The summed E-state index contributed by atoms with van der Waals surface area (Å²) in [5.74, 6) is 0.242. The average molecular weight is 463 g/mol. The number of nitrogens with one attached hydrogen (secondary N) is 2. The van der Waals surface area contributed by atoms with E-state index >= 15 is 0 Å². The third-order valence-electron chi connectivity index (χ3n) is 5.57. The van der Waals surface area contributed by atoms with Crippen LogP contribution in [0.15, 0.2) is 53.5 Å². The van der Waals surface area contributed by atoms with Gasteiger partial charge in [-0.25, -0.2) is 4.98 Å². The second kappa shape index (κ2) is 8.64. The molecule has 4 heterocycles. The van der Waals surface area contributed by atoms with Crippen molar-refractivity contribution in [1.82, 2.24) is 14.7 Å². The Kier molecular flexibility index (Phi) is 5.53. The van der Waals surface area contributed by atoms with Gasteiger partial charge in [0.25, 0.3) is 5.91 Å². The molecule has 1 fully saturated rings. The van der Waals surface area contributed by atoms with E-state index in [4.69, 9.17) is 20.9 Å². The summed E-state index contributed by atoms with van der Waals surface area (Å²) in [7, 11) is 0. The molecule has 1 aromatic carbocycles. The van der Waals surface area contributed by atoms with Crippen LogP contribution in [0, 0.1) is 5.41 Å². The molecule has 0 atom stereocenters. The Balaban J connectivity index is 1.72. The Morgan fingerprint density at radius 1 is 1.24 bits per heavy atom. The lowest BCUT2D eigenvalue weighted by molar-refractivity contribution is 0.0960. The molecule has 4 aromatic rings. The summed E-state index contributed by atoms with van der Waals surface area (Å²) in [4.78, 5) is 34.1. The van der Waals surface area contributed by atoms with Crippen LogP contribution in [0.1, 0.15) is 10.4 Å². The smallest absolute Gasteiger partial charge is 0.258 e. The highest BCUT2D eigenvalue weighted by Crippen LogP contribution is 2.31. The Hall–Kier alpha value is -3.76. The molecule has 33 heavy (non-hydrogen) atoms. The average Bonchev–Trinajstić information content (AvgIpc) is 3.22. The van der Waals surface area contributed by atoms with Gasteiger partial charge in [-0.15, -0.1) is 11.3 Å². The molecule has 10 heteroatoms.